The normalized spacial score (nSPS) is 14.5. The summed E-state index contributed by atoms with van der Waals surface area (Å²) in [7, 11) is 1.43. The van der Waals surface area contributed by atoms with Gasteiger partial charge in [-0.1, -0.05) is 0 Å². The fourth-order valence-electron chi connectivity index (χ4n) is 3.46. The van der Waals surface area contributed by atoms with Crippen molar-refractivity contribution >= 4 is 11.8 Å². The number of aromatic amines is 1. The van der Waals surface area contributed by atoms with Crippen LogP contribution < -0.4 is 10.1 Å². The second kappa shape index (κ2) is 8.94. The van der Waals surface area contributed by atoms with E-state index in [4.69, 9.17) is 9.15 Å². The molecule has 0 aromatic carbocycles. The van der Waals surface area contributed by atoms with Crippen molar-refractivity contribution in [2.24, 2.45) is 5.92 Å². The molecule has 0 saturated carbocycles. The van der Waals surface area contributed by atoms with Gasteiger partial charge in [0.1, 0.15) is 11.5 Å². The topological polar surface area (TPSA) is 126 Å². The van der Waals surface area contributed by atoms with Crippen LogP contribution in [0.5, 0.6) is 5.88 Å². The third-order valence-electron chi connectivity index (χ3n) is 5.20. The summed E-state index contributed by atoms with van der Waals surface area (Å²) in [5, 5.41) is 9.55. The Labute approximate surface area is 176 Å². The van der Waals surface area contributed by atoms with Gasteiger partial charge in [-0.15, -0.1) is 0 Å². The summed E-state index contributed by atoms with van der Waals surface area (Å²) < 4.78 is 24.2. The van der Waals surface area contributed by atoms with Crippen molar-refractivity contribution in [1.29, 1.82) is 0 Å². The Morgan fingerprint density at radius 1 is 1.32 bits per heavy atom. The zero-order valence-electron chi connectivity index (χ0n) is 16.8. The summed E-state index contributed by atoms with van der Waals surface area (Å²) in [6.07, 6.45) is 5.00. The summed E-state index contributed by atoms with van der Waals surface area (Å²) in [5.74, 6) is -0.239. The Balaban J connectivity index is 1.34. The molecule has 1 saturated heterocycles. The van der Waals surface area contributed by atoms with Crippen LogP contribution in [0, 0.1) is 11.7 Å². The quantitative estimate of drug-likeness (QED) is 0.613. The first-order valence-corrected chi connectivity index (χ1v) is 9.75. The summed E-state index contributed by atoms with van der Waals surface area (Å²) in [6, 6.07) is 2.92. The molecule has 1 aliphatic rings. The number of hydrogen-bond donors (Lipinski definition) is 2. The summed E-state index contributed by atoms with van der Waals surface area (Å²) >= 11 is 0. The van der Waals surface area contributed by atoms with E-state index in [9.17, 15) is 14.0 Å². The maximum absolute atomic E-state index is 14.1. The Morgan fingerprint density at radius 2 is 2.13 bits per heavy atom. The highest BCUT2D eigenvalue weighted by Crippen LogP contribution is 2.25. The van der Waals surface area contributed by atoms with E-state index in [2.05, 4.69) is 25.5 Å². The number of likely N-dealkylation sites (tertiary alicyclic amines) is 1. The molecular weight excluding hydrogens is 407 g/mol. The second-order valence-electron chi connectivity index (χ2n) is 7.13. The van der Waals surface area contributed by atoms with Crippen LogP contribution in [0.1, 0.15) is 29.1 Å². The van der Waals surface area contributed by atoms with Gasteiger partial charge in [0.2, 0.25) is 11.8 Å². The van der Waals surface area contributed by atoms with Crippen molar-refractivity contribution in [2.45, 2.75) is 19.4 Å². The molecule has 0 atom stereocenters. The van der Waals surface area contributed by atoms with Gasteiger partial charge in [-0.3, -0.25) is 14.7 Å². The Morgan fingerprint density at radius 3 is 2.84 bits per heavy atom. The van der Waals surface area contributed by atoms with Crippen molar-refractivity contribution in [2.75, 3.05) is 20.2 Å². The molecule has 4 heterocycles. The van der Waals surface area contributed by atoms with E-state index in [-0.39, 0.29) is 47.1 Å². The molecular formula is C20H21FN6O4. The first kappa shape index (κ1) is 20.5. The van der Waals surface area contributed by atoms with E-state index in [0.717, 1.165) is 6.20 Å². The standard InChI is InChI=1S/C20H21FN6O4/c1-30-18-6-14(15(21)10-23-18)16-7-17(26-25-16)20(29)27-4-2-12(3-5-27)19(28)24-9-13-8-22-11-31-13/h6-8,10-12H,2-5,9H2,1H3,(H,24,28)(H,25,26). The molecule has 0 unspecified atom stereocenters. The van der Waals surface area contributed by atoms with Crippen LogP contribution in [0.15, 0.2) is 35.3 Å². The van der Waals surface area contributed by atoms with Crippen LogP contribution in [0.3, 0.4) is 0 Å². The number of pyridine rings is 1. The van der Waals surface area contributed by atoms with Crippen molar-refractivity contribution in [3.63, 3.8) is 0 Å². The highest BCUT2D eigenvalue weighted by molar-refractivity contribution is 5.93. The molecule has 10 nitrogen and oxygen atoms in total. The van der Waals surface area contributed by atoms with Crippen LogP contribution in [-0.4, -0.2) is 57.1 Å². The Kier molecular flexibility index (Phi) is 5.92. The highest BCUT2D eigenvalue weighted by atomic mass is 19.1. The molecule has 162 valence electrons. The molecule has 3 aromatic heterocycles. The van der Waals surface area contributed by atoms with Crippen LogP contribution >= 0.6 is 0 Å². The van der Waals surface area contributed by atoms with E-state index >= 15 is 0 Å². The average molecular weight is 428 g/mol. The molecule has 2 amide bonds. The number of halogens is 1. The first-order chi connectivity index (χ1) is 15.0. The lowest BCUT2D eigenvalue weighted by Gasteiger charge is -2.30. The number of carbonyl (C=O) groups excluding carboxylic acids is 2. The Hall–Kier alpha value is -3.76. The van der Waals surface area contributed by atoms with Crippen molar-refractivity contribution in [3.8, 4) is 17.1 Å². The second-order valence-corrected chi connectivity index (χ2v) is 7.13. The van der Waals surface area contributed by atoms with E-state index in [1.165, 1.54) is 25.6 Å². The number of nitrogens with zero attached hydrogens (tertiary/aromatic N) is 4. The molecule has 2 N–H and O–H groups in total. The largest absolute Gasteiger partial charge is 0.481 e. The first-order valence-electron chi connectivity index (χ1n) is 9.75. The third-order valence-corrected chi connectivity index (χ3v) is 5.20. The zero-order valence-corrected chi connectivity index (χ0v) is 16.8. The van der Waals surface area contributed by atoms with E-state index < -0.39 is 5.82 Å². The molecule has 11 heteroatoms. The maximum atomic E-state index is 14.1. The lowest BCUT2D eigenvalue weighted by molar-refractivity contribution is -0.126. The SMILES string of the molecule is COc1cc(-c2cc(C(=O)N3CCC(C(=O)NCc4cnco4)CC3)[nH]n2)c(F)cn1. The molecule has 1 fully saturated rings. The Bertz CT molecular complexity index is 1060. The molecule has 3 aromatic rings. The van der Waals surface area contributed by atoms with Gasteiger partial charge in [0.05, 0.1) is 31.7 Å². The predicted octanol–water partition coefficient (Wildman–Crippen LogP) is 1.78. The summed E-state index contributed by atoms with van der Waals surface area (Å²) in [4.78, 5) is 34.4. The highest BCUT2D eigenvalue weighted by Gasteiger charge is 2.28. The summed E-state index contributed by atoms with van der Waals surface area (Å²) in [5.41, 5.74) is 0.714. The number of aromatic nitrogens is 4. The van der Waals surface area contributed by atoms with Gasteiger partial charge in [0.25, 0.3) is 5.91 Å². The fourth-order valence-corrected chi connectivity index (χ4v) is 3.46. The fraction of sp³-hybridized carbons (Fsp3) is 0.350. The molecule has 0 spiro atoms. The lowest BCUT2D eigenvalue weighted by Crippen LogP contribution is -2.43. The van der Waals surface area contributed by atoms with Gasteiger partial charge in [-0.25, -0.2) is 14.4 Å². The molecule has 4 rings (SSSR count). The number of ether oxygens (including phenoxy) is 1. The van der Waals surface area contributed by atoms with E-state index in [1.54, 1.807) is 11.1 Å². The molecule has 0 bridgehead atoms. The lowest BCUT2D eigenvalue weighted by atomic mass is 9.95. The molecule has 0 radical (unpaired) electrons. The van der Waals surface area contributed by atoms with E-state index in [1.807, 2.05) is 0 Å². The minimum atomic E-state index is -0.566. The van der Waals surface area contributed by atoms with Crippen molar-refractivity contribution in [3.05, 3.63) is 48.2 Å². The number of methoxy groups -OCH3 is 1. The number of oxazole rings is 1. The van der Waals surface area contributed by atoms with Gasteiger partial charge in [0, 0.05) is 30.6 Å². The van der Waals surface area contributed by atoms with Crippen LogP contribution in [-0.2, 0) is 11.3 Å². The van der Waals surface area contributed by atoms with Crippen molar-refractivity contribution < 1.29 is 23.1 Å². The number of nitrogens with one attached hydrogen (secondary N) is 2. The van der Waals surface area contributed by atoms with Crippen LogP contribution in [0.4, 0.5) is 4.39 Å². The number of hydrogen-bond acceptors (Lipinski definition) is 7. The zero-order chi connectivity index (χ0) is 21.8. The van der Waals surface area contributed by atoms with Crippen molar-refractivity contribution in [1.82, 2.24) is 30.4 Å². The number of carbonyl (C=O) groups is 2. The minimum Gasteiger partial charge on any atom is -0.481 e. The van der Waals surface area contributed by atoms with Crippen LogP contribution in [0.25, 0.3) is 11.3 Å². The van der Waals surface area contributed by atoms with Gasteiger partial charge in [-0.2, -0.15) is 5.10 Å². The van der Waals surface area contributed by atoms with Gasteiger partial charge >= 0.3 is 0 Å². The maximum Gasteiger partial charge on any atom is 0.271 e. The van der Waals surface area contributed by atoms with Gasteiger partial charge < -0.3 is 19.4 Å². The number of amides is 2. The van der Waals surface area contributed by atoms with Gasteiger partial charge in [0.15, 0.2) is 12.2 Å². The van der Waals surface area contributed by atoms with Gasteiger partial charge in [-0.05, 0) is 18.9 Å². The van der Waals surface area contributed by atoms with E-state index in [0.29, 0.717) is 31.7 Å². The molecule has 1 aliphatic heterocycles. The van der Waals surface area contributed by atoms with Crippen LogP contribution in [0.2, 0.25) is 0 Å². The number of rotatable bonds is 6. The minimum absolute atomic E-state index is 0.0746. The number of piperidine rings is 1. The molecule has 31 heavy (non-hydrogen) atoms. The predicted molar refractivity (Wildman–Crippen MR) is 105 cm³/mol. The molecule has 0 aliphatic carbocycles. The number of H-pyrrole nitrogens is 1. The smallest absolute Gasteiger partial charge is 0.271 e. The summed E-state index contributed by atoms with van der Waals surface area (Å²) in [6.45, 7) is 1.15. The average Bonchev–Trinajstić information content (AvgIpc) is 3.50. The monoisotopic (exact) mass is 428 g/mol. The third kappa shape index (κ3) is 4.55.